The fraction of sp³-hybridized carbons (Fsp3) is 0.472. The highest BCUT2D eigenvalue weighted by atomic mass is 35.5. The number of nitrogens with zero attached hydrogens (tertiary/aromatic N) is 2. The summed E-state index contributed by atoms with van der Waals surface area (Å²) in [7, 11) is -4.17. The molecule has 0 radical (unpaired) electrons. The predicted molar refractivity (Wildman–Crippen MR) is 181 cm³/mol. The predicted octanol–water partition coefficient (Wildman–Crippen LogP) is 6.76. The van der Waals surface area contributed by atoms with Gasteiger partial charge in [0, 0.05) is 24.5 Å². The van der Waals surface area contributed by atoms with Crippen molar-refractivity contribution in [3.8, 4) is 22.6 Å². The number of hydrogen-bond acceptors (Lipinski definition) is 6. The molecule has 6 rings (SSSR count). The van der Waals surface area contributed by atoms with E-state index in [0.29, 0.717) is 35.5 Å². The highest BCUT2D eigenvalue weighted by molar-refractivity contribution is 7.89. The molecule has 3 fully saturated rings. The number of ether oxygens (including phenoxy) is 2. The quantitative estimate of drug-likeness (QED) is 0.265. The Balaban J connectivity index is 1.18. The van der Waals surface area contributed by atoms with Crippen molar-refractivity contribution in [3.05, 3.63) is 77.8 Å². The van der Waals surface area contributed by atoms with Crippen molar-refractivity contribution < 1.29 is 31.5 Å². The topological polar surface area (TPSA) is 102 Å². The Kier molecular flexibility index (Phi) is 10.6. The summed E-state index contributed by atoms with van der Waals surface area (Å²) in [4.78, 5) is 15.0. The number of carbonyl (C=O) groups excluding carboxylic acids is 1. The monoisotopic (exact) mass is 701 g/mol. The Morgan fingerprint density at radius 3 is 2.12 bits per heavy atom. The number of amides is 1. The van der Waals surface area contributed by atoms with Gasteiger partial charge in [-0.15, -0.1) is 0 Å². The fourth-order valence-corrected chi connectivity index (χ4v) is 8.59. The van der Waals surface area contributed by atoms with E-state index in [-0.39, 0.29) is 30.8 Å². The van der Waals surface area contributed by atoms with E-state index in [1.54, 1.807) is 12.1 Å². The molecule has 2 N–H and O–H groups in total. The van der Waals surface area contributed by atoms with E-state index in [1.165, 1.54) is 31.4 Å². The van der Waals surface area contributed by atoms with Gasteiger partial charge in [-0.3, -0.25) is 4.79 Å². The van der Waals surface area contributed by atoms with Gasteiger partial charge in [-0.1, -0.05) is 55.1 Å². The van der Waals surface area contributed by atoms with Crippen LogP contribution in [0.25, 0.3) is 11.1 Å². The molecule has 3 aliphatic rings. The molecule has 12 heteroatoms. The molecule has 1 saturated carbocycles. The molecular weight excluding hydrogens is 660 g/mol. The molecule has 3 aromatic rings. The van der Waals surface area contributed by atoms with Gasteiger partial charge < -0.3 is 20.1 Å². The second-order valence-electron chi connectivity index (χ2n) is 13.1. The number of carbonyl (C=O) groups is 1. The van der Waals surface area contributed by atoms with Crippen molar-refractivity contribution in [2.45, 2.75) is 80.4 Å². The van der Waals surface area contributed by atoms with E-state index in [2.05, 4.69) is 0 Å². The summed E-state index contributed by atoms with van der Waals surface area (Å²) in [5.74, 6) is -2.33. The maximum Gasteiger partial charge on any atom is 0.280 e. The third kappa shape index (κ3) is 7.96. The van der Waals surface area contributed by atoms with Gasteiger partial charge in [0.15, 0.2) is 0 Å². The van der Waals surface area contributed by atoms with Crippen molar-refractivity contribution >= 4 is 27.5 Å². The minimum atomic E-state index is -4.17. The summed E-state index contributed by atoms with van der Waals surface area (Å²) in [6.07, 6.45) is 5.63. The highest BCUT2D eigenvalue weighted by Crippen LogP contribution is 2.34. The Labute approximate surface area is 286 Å². The first-order valence-corrected chi connectivity index (χ1v) is 18.5. The van der Waals surface area contributed by atoms with E-state index in [0.717, 1.165) is 33.2 Å². The Hall–Kier alpha value is -3.25. The van der Waals surface area contributed by atoms with E-state index in [4.69, 9.17) is 26.8 Å². The molecule has 0 aromatic heterocycles. The average Bonchev–Trinajstić information content (AvgIpc) is 3.09. The van der Waals surface area contributed by atoms with Gasteiger partial charge in [-0.05, 0) is 91.3 Å². The van der Waals surface area contributed by atoms with Crippen LogP contribution in [0.1, 0.15) is 51.4 Å². The van der Waals surface area contributed by atoms with E-state index >= 15 is 0 Å². The molecular formula is C36H42ClF2N3O5S. The summed E-state index contributed by atoms with van der Waals surface area (Å²) in [6, 6.07) is 18.5. The minimum Gasteiger partial charge on any atom is -0.493 e. The van der Waals surface area contributed by atoms with Crippen LogP contribution < -0.4 is 15.2 Å². The molecule has 48 heavy (non-hydrogen) atoms. The fourth-order valence-electron chi connectivity index (χ4n) is 6.86. The number of hydrogen-bond donors (Lipinski definition) is 1. The molecule has 3 aromatic carbocycles. The lowest BCUT2D eigenvalue weighted by atomic mass is 9.90. The maximum absolute atomic E-state index is 14.6. The van der Waals surface area contributed by atoms with Crippen LogP contribution in [-0.2, 0) is 14.8 Å². The Morgan fingerprint density at radius 2 is 1.48 bits per heavy atom. The van der Waals surface area contributed by atoms with Crippen LogP contribution in [0, 0.1) is 5.92 Å². The van der Waals surface area contributed by atoms with E-state index in [1.807, 2.05) is 48.5 Å². The number of alkyl halides is 2. The molecule has 3 atom stereocenters. The van der Waals surface area contributed by atoms with Gasteiger partial charge in [-0.2, -0.15) is 4.31 Å². The largest absolute Gasteiger partial charge is 0.493 e. The molecule has 258 valence electrons. The minimum absolute atomic E-state index is 0.00765. The number of piperidine rings is 2. The van der Waals surface area contributed by atoms with Crippen LogP contribution in [0.2, 0.25) is 5.02 Å². The molecule has 0 unspecified atom stereocenters. The van der Waals surface area contributed by atoms with Gasteiger partial charge in [0.2, 0.25) is 15.9 Å². The van der Waals surface area contributed by atoms with Gasteiger partial charge >= 0.3 is 0 Å². The lowest BCUT2D eigenvalue weighted by Gasteiger charge is -2.42. The van der Waals surface area contributed by atoms with Crippen LogP contribution in [0.15, 0.2) is 77.7 Å². The molecule has 8 nitrogen and oxygen atoms in total. The summed E-state index contributed by atoms with van der Waals surface area (Å²) < 4.78 is 70.7. The summed E-state index contributed by atoms with van der Waals surface area (Å²) in [5.41, 5.74) is 7.58. The van der Waals surface area contributed by atoms with Crippen molar-refractivity contribution in [3.63, 3.8) is 0 Å². The second-order valence-corrected chi connectivity index (χ2v) is 15.5. The maximum atomic E-state index is 14.6. The van der Waals surface area contributed by atoms with Crippen LogP contribution in [0.5, 0.6) is 11.5 Å². The molecule has 0 bridgehead atoms. The van der Waals surface area contributed by atoms with Gasteiger partial charge in [0.25, 0.3) is 5.92 Å². The first kappa shape index (κ1) is 34.6. The van der Waals surface area contributed by atoms with Gasteiger partial charge in [-0.25, -0.2) is 17.2 Å². The Morgan fingerprint density at radius 1 is 0.854 bits per heavy atom. The molecule has 1 amide bonds. The number of nitrogens with two attached hydrogens (primary N) is 1. The van der Waals surface area contributed by atoms with E-state index < -0.39 is 46.6 Å². The summed E-state index contributed by atoms with van der Waals surface area (Å²) in [5, 5.41) is 0.642. The van der Waals surface area contributed by atoms with Crippen molar-refractivity contribution in [1.29, 1.82) is 0 Å². The average molecular weight is 702 g/mol. The van der Waals surface area contributed by atoms with Crippen molar-refractivity contribution in [2.24, 2.45) is 11.7 Å². The zero-order valence-corrected chi connectivity index (χ0v) is 28.4. The van der Waals surface area contributed by atoms with Gasteiger partial charge in [0.05, 0.1) is 24.1 Å². The number of rotatable bonds is 9. The Bertz CT molecular complexity index is 1650. The second kappa shape index (κ2) is 14.7. The third-order valence-corrected chi connectivity index (χ3v) is 11.9. The zero-order chi connectivity index (χ0) is 33.9. The smallest absolute Gasteiger partial charge is 0.280 e. The number of likely N-dealkylation sites (tertiary alicyclic amines) is 1. The van der Waals surface area contributed by atoms with Crippen molar-refractivity contribution in [2.75, 3.05) is 26.2 Å². The van der Waals surface area contributed by atoms with Crippen LogP contribution in [0.4, 0.5) is 8.78 Å². The summed E-state index contributed by atoms with van der Waals surface area (Å²) in [6.45, 7) is -0.271. The zero-order valence-electron chi connectivity index (χ0n) is 26.8. The van der Waals surface area contributed by atoms with E-state index in [9.17, 15) is 22.0 Å². The molecule has 2 saturated heterocycles. The van der Waals surface area contributed by atoms with Crippen LogP contribution in [-0.4, -0.2) is 73.9 Å². The first-order chi connectivity index (χ1) is 23.0. The lowest BCUT2D eigenvalue weighted by molar-refractivity contribution is -0.149. The van der Waals surface area contributed by atoms with Gasteiger partial charge in [0.1, 0.15) is 23.6 Å². The van der Waals surface area contributed by atoms with Crippen LogP contribution in [0.3, 0.4) is 0 Å². The number of halogens is 3. The molecule has 1 aliphatic carbocycles. The number of sulfonamides is 1. The standard InChI is InChI=1S/C36H42ClF2N3O5S/c37-28-10-6-26(7-11-28)27-8-12-30(13-9-27)47-31-18-21-42(33(22-31)35(43)41-20-19-34(40)36(38,39)24-41)48(44,45)32-16-14-29(15-17-32)46-23-25-4-2-1-3-5-25/h6-17,25,31,33-34H,1-5,18-24,40H2/t31-,33-,34-/m0/s1. The van der Waals surface area contributed by atoms with Crippen LogP contribution >= 0.6 is 11.6 Å². The lowest BCUT2D eigenvalue weighted by Crippen LogP contribution is -2.62. The first-order valence-electron chi connectivity index (χ1n) is 16.7. The molecule has 2 aliphatic heterocycles. The molecule has 0 spiro atoms. The normalized spacial score (nSPS) is 23.8. The van der Waals surface area contributed by atoms with Crippen molar-refractivity contribution in [1.82, 2.24) is 9.21 Å². The SMILES string of the molecule is N[C@H]1CCN(C(=O)[C@@H]2C[C@@H](Oc3ccc(-c4ccc(Cl)cc4)cc3)CCN2S(=O)(=O)c2ccc(OCC3CCCCC3)cc2)CC1(F)F. The summed E-state index contributed by atoms with van der Waals surface area (Å²) >= 11 is 6.02. The molecule has 2 heterocycles. The third-order valence-electron chi connectivity index (χ3n) is 9.73. The highest BCUT2D eigenvalue weighted by Gasteiger charge is 2.48. The number of benzene rings is 3.